The van der Waals surface area contributed by atoms with E-state index in [2.05, 4.69) is 10.6 Å². The van der Waals surface area contributed by atoms with Crippen LogP contribution in [0.2, 0.25) is 0 Å². The van der Waals surface area contributed by atoms with Crippen molar-refractivity contribution in [3.05, 3.63) is 47.5 Å². The summed E-state index contributed by atoms with van der Waals surface area (Å²) in [5, 5.41) is 5.29. The quantitative estimate of drug-likeness (QED) is 0.750. The first-order valence-corrected chi connectivity index (χ1v) is 11.8. The number of amides is 2. The predicted molar refractivity (Wildman–Crippen MR) is 116 cm³/mol. The van der Waals surface area contributed by atoms with Crippen LogP contribution in [0.4, 0.5) is 11.4 Å². The monoisotopic (exact) mass is 432 g/mol. The molecule has 6 nitrogen and oxygen atoms in total. The number of rotatable bonds is 5. The molecule has 1 heterocycles. The maximum absolute atomic E-state index is 12.8. The Hall–Kier alpha value is -2.32. The molecule has 8 heteroatoms. The number of sulfone groups is 1. The zero-order chi connectivity index (χ0) is 21.3. The van der Waals surface area contributed by atoms with Gasteiger partial charge in [0.25, 0.3) is 0 Å². The van der Waals surface area contributed by atoms with Crippen molar-refractivity contribution in [1.29, 1.82) is 0 Å². The number of hydrogen-bond acceptors (Lipinski definition) is 5. The average molecular weight is 433 g/mol. The van der Waals surface area contributed by atoms with Crippen LogP contribution in [0.3, 0.4) is 0 Å². The molecule has 29 heavy (non-hydrogen) atoms. The fourth-order valence-electron chi connectivity index (χ4n) is 2.97. The summed E-state index contributed by atoms with van der Waals surface area (Å²) in [5.41, 5.74) is 3.30. The summed E-state index contributed by atoms with van der Waals surface area (Å²) in [5.74, 6) is -1.56. The molecular formula is C21H24N2O4S2. The van der Waals surface area contributed by atoms with Crippen LogP contribution in [0.15, 0.2) is 46.2 Å². The number of carbonyl (C=O) groups is 2. The molecule has 2 aromatic rings. The third-order valence-corrected chi connectivity index (χ3v) is 8.02. The van der Waals surface area contributed by atoms with Gasteiger partial charge in [0.1, 0.15) is 0 Å². The molecule has 2 amide bonds. The van der Waals surface area contributed by atoms with Crippen molar-refractivity contribution in [2.75, 3.05) is 16.4 Å². The molecule has 0 spiro atoms. The fraction of sp³-hybridized carbons (Fsp3) is 0.333. The number of hydrogen-bond donors (Lipinski definition) is 2. The van der Waals surface area contributed by atoms with Gasteiger partial charge in [-0.15, -0.1) is 11.8 Å². The first kappa shape index (κ1) is 21.4. The minimum Gasteiger partial charge on any atom is -0.326 e. The van der Waals surface area contributed by atoms with E-state index in [1.807, 2.05) is 26.0 Å². The van der Waals surface area contributed by atoms with E-state index in [-0.39, 0.29) is 27.7 Å². The normalized spacial score (nSPS) is 17.2. The number of fused-ring (bicyclic) bond motifs is 1. The Morgan fingerprint density at radius 3 is 2.59 bits per heavy atom. The topological polar surface area (TPSA) is 92.3 Å². The van der Waals surface area contributed by atoms with Gasteiger partial charge in [0.2, 0.25) is 11.8 Å². The fourth-order valence-corrected chi connectivity index (χ4v) is 5.47. The Morgan fingerprint density at radius 2 is 1.90 bits per heavy atom. The highest BCUT2D eigenvalue weighted by Crippen LogP contribution is 2.37. The van der Waals surface area contributed by atoms with E-state index in [1.165, 1.54) is 23.9 Å². The molecular weight excluding hydrogens is 408 g/mol. The van der Waals surface area contributed by atoms with Gasteiger partial charge in [-0.1, -0.05) is 13.0 Å². The molecule has 1 aliphatic heterocycles. The number of aryl methyl sites for hydroxylation is 2. The number of carbonyl (C=O) groups excluding carboxylic acids is 2. The molecule has 0 saturated heterocycles. The van der Waals surface area contributed by atoms with Crippen molar-refractivity contribution in [2.45, 2.75) is 42.7 Å². The first-order valence-electron chi connectivity index (χ1n) is 9.29. The summed E-state index contributed by atoms with van der Waals surface area (Å²) in [7, 11) is -3.70. The Bertz CT molecular complexity index is 1080. The van der Waals surface area contributed by atoms with Gasteiger partial charge < -0.3 is 10.6 Å². The van der Waals surface area contributed by atoms with E-state index in [0.717, 1.165) is 16.0 Å². The van der Waals surface area contributed by atoms with Gasteiger partial charge in [0, 0.05) is 16.5 Å². The van der Waals surface area contributed by atoms with Gasteiger partial charge in [-0.25, -0.2) is 8.42 Å². The number of benzene rings is 2. The highest BCUT2D eigenvalue weighted by Gasteiger charge is 2.27. The van der Waals surface area contributed by atoms with Crippen molar-refractivity contribution in [3.63, 3.8) is 0 Å². The lowest BCUT2D eigenvalue weighted by Gasteiger charge is -2.22. The number of anilines is 2. The third kappa shape index (κ3) is 4.82. The van der Waals surface area contributed by atoms with Crippen LogP contribution in [-0.2, 0) is 19.4 Å². The molecule has 3 rings (SSSR count). The van der Waals surface area contributed by atoms with Crippen molar-refractivity contribution in [1.82, 2.24) is 0 Å². The molecule has 0 bridgehead atoms. The van der Waals surface area contributed by atoms with Crippen LogP contribution < -0.4 is 10.6 Å². The molecule has 2 atom stereocenters. The highest BCUT2D eigenvalue weighted by molar-refractivity contribution is 8.01. The second-order valence-corrected chi connectivity index (χ2v) is 10.8. The largest absolute Gasteiger partial charge is 0.326 e. The molecule has 0 aliphatic carbocycles. The van der Waals surface area contributed by atoms with Crippen molar-refractivity contribution in [2.24, 2.45) is 5.92 Å². The van der Waals surface area contributed by atoms with Crippen LogP contribution in [-0.4, -0.2) is 31.2 Å². The molecule has 0 saturated carbocycles. The molecule has 2 N–H and O–H groups in total. The second kappa shape index (κ2) is 8.20. The third-order valence-electron chi connectivity index (χ3n) is 4.93. The van der Waals surface area contributed by atoms with E-state index in [9.17, 15) is 18.0 Å². The lowest BCUT2D eigenvalue weighted by atomic mass is 10.1. The second-order valence-electron chi connectivity index (χ2n) is 7.38. The number of nitrogens with one attached hydrogen (secondary N) is 2. The summed E-state index contributed by atoms with van der Waals surface area (Å²) >= 11 is 1.39. The van der Waals surface area contributed by atoms with E-state index < -0.39 is 15.8 Å². The van der Waals surface area contributed by atoms with Crippen LogP contribution in [0.5, 0.6) is 0 Å². The van der Waals surface area contributed by atoms with E-state index in [1.54, 1.807) is 26.0 Å². The van der Waals surface area contributed by atoms with Crippen LogP contribution >= 0.6 is 11.8 Å². The predicted octanol–water partition coefficient (Wildman–Crippen LogP) is 3.78. The van der Waals surface area contributed by atoms with Gasteiger partial charge in [0.05, 0.1) is 21.6 Å². The lowest BCUT2D eigenvalue weighted by molar-refractivity contribution is -0.119. The Labute approximate surface area is 175 Å². The van der Waals surface area contributed by atoms with Crippen LogP contribution in [0, 0.1) is 19.8 Å². The van der Waals surface area contributed by atoms with Crippen LogP contribution in [0.1, 0.15) is 25.0 Å². The van der Waals surface area contributed by atoms with Crippen LogP contribution in [0.25, 0.3) is 0 Å². The van der Waals surface area contributed by atoms with E-state index >= 15 is 0 Å². The van der Waals surface area contributed by atoms with Crippen molar-refractivity contribution < 1.29 is 18.0 Å². The SMILES string of the molecule is Cc1ccc(NC(=O)[C@H](C)CS(=O)(=O)c2ccc3c(c2)NC(=O)[C@H](C)S3)cc1C. The Morgan fingerprint density at radius 1 is 1.17 bits per heavy atom. The molecule has 2 aromatic carbocycles. The first-order chi connectivity index (χ1) is 13.6. The summed E-state index contributed by atoms with van der Waals surface area (Å²) < 4.78 is 25.7. The summed E-state index contributed by atoms with van der Waals surface area (Å²) in [6.45, 7) is 7.32. The van der Waals surface area contributed by atoms with E-state index in [4.69, 9.17) is 0 Å². The Balaban J connectivity index is 1.73. The maximum Gasteiger partial charge on any atom is 0.237 e. The maximum atomic E-state index is 12.8. The average Bonchev–Trinajstić information content (AvgIpc) is 2.65. The molecule has 0 radical (unpaired) electrons. The van der Waals surface area contributed by atoms with Gasteiger partial charge in [-0.2, -0.15) is 0 Å². The summed E-state index contributed by atoms with van der Waals surface area (Å²) in [6.07, 6.45) is 0. The highest BCUT2D eigenvalue weighted by atomic mass is 32.2. The Kier molecular flexibility index (Phi) is 6.05. The molecule has 0 fully saturated rings. The minimum atomic E-state index is -3.70. The van der Waals surface area contributed by atoms with Gasteiger partial charge in [-0.3, -0.25) is 9.59 Å². The van der Waals surface area contributed by atoms with Crippen molar-refractivity contribution in [3.8, 4) is 0 Å². The lowest BCUT2D eigenvalue weighted by Crippen LogP contribution is -2.28. The summed E-state index contributed by atoms with van der Waals surface area (Å²) in [4.78, 5) is 25.3. The van der Waals surface area contributed by atoms with Gasteiger partial charge in [0.15, 0.2) is 9.84 Å². The summed E-state index contributed by atoms with van der Waals surface area (Å²) in [6, 6.07) is 10.3. The smallest absolute Gasteiger partial charge is 0.237 e. The van der Waals surface area contributed by atoms with Gasteiger partial charge in [-0.05, 0) is 62.2 Å². The van der Waals surface area contributed by atoms with Gasteiger partial charge >= 0.3 is 0 Å². The molecule has 0 aromatic heterocycles. The molecule has 0 unspecified atom stereocenters. The number of thioether (sulfide) groups is 1. The zero-order valence-electron chi connectivity index (χ0n) is 16.8. The minimum absolute atomic E-state index is 0.0949. The molecule has 154 valence electrons. The zero-order valence-corrected chi connectivity index (χ0v) is 18.4. The van der Waals surface area contributed by atoms with E-state index in [0.29, 0.717) is 11.4 Å². The molecule has 1 aliphatic rings. The standard InChI is InChI=1S/C21H24N2O4S2/c1-12-5-6-16(9-13(12)2)22-20(24)14(3)11-29(26,27)17-7-8-19-18(10-17)23-21(25)15(4)28-19/h5-10,14-15H,11H2,1-4H3,(H,22,24)(H,23,25)/t14-,15+/m1/s1. The van der Waals surface area contributed by atoms with Crippen molar-refractivity contribution >= 4 is 44.8 Å².